The molecule has 1 aromatic carbocycles. The van der Waals surface area contributed by atoms with Crippen molar-refractivity contribution in [1.82, 2.24) is 9.88 Å². The summed E-state index contributed by atoms with van der Waals surface area (Å²) in [5, 5.41) is 3.29. The van der Waals surface area contributed by atoms with Crippen LogP contribution in [0, 0.1) is 0 Å². The first kappa shape index (κ1) is 12.3. The van der Waals surface area contributed by atoms with E-state index in [1.165, 1.54) is 25.8 Å². The van der Waals surface area contributed by atoms with Gasteiger partial charge in [0.2, 0.25) is 0 Å². The number of para-hydroxylation sites is 1. The number of nitrogen functional groups attached to an aromatic ring is 1. The molecule has 1 atom stereocenters. The standard InChI is InChI=1S/C14H20N4O/c1-18-8-3-2-5-10(18)9-16-14-17-13-11(15)6-4-7-12(13)19-14/h4,6-7,10H,2-3,5,8-9,15H2,1H3,(H,16,17). The van der Waals surface area contributed by atoms with Gasteiger partial charge >= 0.3 is 0 Å². The maximum Gasteiger partial charge on any atom is 0.295 e. The number of nitrogens with one attached hydrogen (secondary N) is 1. The van der Waals surface area contributed by atoms with Gasteiger partial charge < -0.3 is 20.4 Å². The topological polar surface area (TPSA) is 67.3 Å². The number of benzene rings is 1. The molecule has 3 rings (SSSR count). The molecule has 0 radical (unpaired) electrons. The molecule has 19 heavy (non-hydrogen) atoms. The second-order valence-electron chi connectivity index (χ2n) is 5.22. The van der Waals surface area contributed by atoms with Crippen molar-refractivity contribution in [2.24, 2.45) is 0 Å². The van der Waals surface area contributed by atoms with Gasteiger partial charge in [0.15, 0.2) is 5.58 Å². The fraction of sp³-hybridized carbons (Fsp3) is 0.500. The van der Waals surface area contributed by atoms with Crippen molar-refractivity contribution < 1.29 is 4.42 Å². The summed E-state index contributed by atoms with van der Waals surface area (Å²) in [6.45, 7) is 2.04. The van der Waals surface area contributed by atoms with E-state index in [1.54, 1.807) is 0 Å². The minimum absolute atomic E-state index is 0.557. The molecular weight excluding hydrogens is 240 g/mol. The average molecular weight is 260 g/mol. The van der Waals surface area contributed by atoms with Crippen LogP contribution in [-0.2, 0) is 0 Å². The Labute approximate surface area is 112 Å². The molecule has 3 N–H and O–H groups in total. The molecule has 1 unspecified atom stereocenters. The molecule has 0 amide bonds. The molecule has 1 fully saturated rings. The monoisotopic (exact) mass is 260 g/mol. The second kappa shape index (κ2) is 5.09. The van der Waals surface area contributed by atoms with Crippen molar-refractivity contribution >= 4 is 22.8 Å². The normalized spacial score (nSPS) is 20.8. The van der Waals surface area contributed by atoms with Gasteiger partial charge in [-0.1, -0.05) is 12.5 Å². The van der Waals surface area contributed by atoms with Crippen LogP contribution in [-0.4, -0.2) is 36.1 Å². The van der Waals surface area contributed by atoms with Gasteiger partial charge in [-0.25, -0.2) is 0 Å². The lowest BCUT2D eigenvalue weighted by Crippen LogP contribution is -2.40. The highest BCUT2D eigenvalue weighted by Crippen LogP contribution is 2.24. The molecule has 5 nitrogen and oxygen atoms in total. The molecule has 1 aromatic heterocycles. The minimum Gasteiger partial charge on any atom is -0.423 e. The Morgan fingerprint density at radius 2 is 2.37 bits per heavy atom. The zero-order chi connectivity index (χ0) is 13.2. The van der Waals surface area contributed by atoms with E-state index < -0.39 is 0 Å². The maximum absolute atomic E-state index is 5.87. The first-order valence-corrected chi connectivity index (χ1v) is 6.83. The Kier molecular flexibility index (Phi) is 3.29. The van der Waals surface area contributed by atoms with Gasteiger partial charge in [-0.2, -0.15) is 4.98 Å². The Morgan fingerprint density at radius 1 is 1.47 bits per heavy atom. The fourth-order valence-corrected chi connectivity index (χ4v) is 2.65. The van der Waals surface area contributed by atoms with Crippen molar-refractivity contribution in [2.45, 2.75) is 25.3 Å². The Hall–Kier alpha value is -1.75. The summed E-state index contributed by atoms with van der Waals surface area (Å²) in [4.78, 5) is 6.80. The Balaban J connectivity index is 1.69. The molecule has 1 aliphatic heterocycles. The zero-order valence-electron chi connectivity index (χ0n) is 11.2. The van der Waals surface area contributed by atoms with Crippen molar-refractivity contribution in [3.8, 4) is 0 Å². The molecule has 0 spiro atoms. The number of rotatable bonds is 3. The summed E-state index contributed by atoms with van der Waals surface area (Å²) in [5.41, 5.74) is 8.00. The summed E-state index contributed by atoms with van der Waals surface area (Å²) in [6.07, 6.45) is 3.83. The van der Waals surface area contributed by atoms with E-state index >= 15 is 0 Å². The molecule has 102 valence electrons. The van der Waals surface area contributed by atoms with Gasteiger partial charge in [0, 0.05) is 12.6 Å². The van der Waals surface area contributed by atoms with Crippen LogP contribution in [0.25, 0.3) is 11.1 Å². The van der Waals surface area contributed by atoms with Crippen molar-refractivity contribution in [2.75, 3.05) is 31.2 Å². The lowest BCUT2D eigenvalue weighted by molar-refractivity contribution is 0.194. The molecule has 5 heteroatoms. The van der Waals surface area contributed by atoms with Crippen molar-refractivity contribution in [3.05, 3.63) is 18.2 Å². The van der Waals surface area contributed by atoms with Gasteiger partial charge in [-0.3, -0.25) is 0 Å². The Morgan fingerprint density at radius 3 is 3.16 bits per heavy atom. The van der Waals surface area contributed by atoms with E-state index in [-0.39, 0.29) is 0 Å². The SMILES string of the molecule is CN1CCCCC1CNc1nc2c(N)cccc2o1. The summed E-state index contributed by atoms with van der Waals surface area (Å²) in [5.74, 6) is 0. The number of nitrogens with two attached hydrogens (primary N) is 1. The van der Waals surface area contributed by atoms with Gasteiger partial charge in [0.05, 0.1) is 5.69 Å². The van der Waals surface area contributed by atoms with Crippen LogP contribution < -0.4 is 11.1 Å². The molecule has 0 saturated carbocycles. The molecule has 2 aromatic rings. The average Bonchev–Trinajstić information content (AvgIpc) is 2.82. The Bertz CT molecular complexity index is 566. The number of piperidine rings is 1. The van der Waals surface area contributed by atoms with E-state index in [9.17, 15) is 0 Å². The van der Waals surface area contributed by atoms with Crippen LogP contribution in [0.2, 0.25) is 0 Å². The number of oxazole rings is 1. The van der Waals surface area contributed by atoms with Crippen LogP contribution in [0.3, 0.4) is 0 Å². The van der Waals surface area contributed by atoms with E-state index in [0.717, 1.165) is 17.6 Å². The molecule has 0 bridgehead atoms. The van der Waals surface area contributed by atoms with Crippen LogP contribution in [0.4, 0.5) is 11.7 Å². The summed E-state index contributed by atoms with van der Waals surface area (Å²) < 4.78 is 5.65. The number of hydrogen-bond donors (Lipinski definition) is 2. The fourth-order valence-electron chi connectivity index (χ4n) is 2.65. The van der Waals surface area contributed by atoms with Gasteiger partial charge in [0.25, 0.3) is 6.01 Å². The first-order chi connectivity index (χ1) is 9.24. The molecular formula is C14H20N4O. The van der Waals surface area contributed by atoms with Crippen LogP contribution in [0.15, 0.2) is 22.6 Å². The highest BCUT2D eigenvalue weighted by atomic mass is 16.4. The van der Waals surface area contributed by atoms with Crippen LogP contribution >= 0.6 is 0 Å². The number of hydrogen-bond acceptors (Lipinski definition) is 5. The summed E-state index contributed by atoms with van der Waals surface area (Å²) in [7, 11) is 2.18. The smallest absolute Gasteiger partial charge is 0.295 e. The van der Waals surface area contributed by atoms with Gasteiger partial charge in [0.1, 0.15) is 5.52 Å². The lowest BCUT2D eigenvalue weighted by atomic mass is 10.0. The third kappa shape index (κ3) is 2.51. The van der Waals surface area contributed by atoms with Crippen LogP contribution in [0.1, 0.15) is 19.3 Å². The van der Waals surface area contributed by atoms with Crippen LogP contribution in [0.5, 0.6) is 0 Å². The third-order valence-electron chi connectivity index (χ3n) is 3.86. The van der Waals surface area contributed by atoms with Gasteiger partial charge in [-0.15, -0.1) is 0 Å². The minimum atomic E-state index is 0.557. The largest absolute Gasteiger partial charge is 0.423 e. The molecule has 2 heterocycles. The maximum atomic E-state index is 5.87. The van der Waals surface area contributed by atoms with Gasteiger partial charge in [-0.05, 0) is 38.6 Å². The number of aromatic nitrogens is 1. The van der Waals surface area contributed by atoms with Crippen molar-refractivity contribution in [3.63, 3.8) is 0 Å². The summed E-state index contributed by atoms with van der Waals surface area (Å²) >= 11 is 0. The highest BCUT2D eigenvalue weighted by molar-refractivity contribution is 5.86. The van der Waals surface area contributed by atoms with E-state index in [2.05, 4.69) is 22.2 Å². The molecule has 1 saturated heterocycles. The summed E-state index contributed by atoms with van der Waals surface area (Å²) in [6, 6.07) is 6.72. The number of likely N-dealkylation sites (N-methyl/N-ethyl adjacent to an activating group) is 1. The predicted octanol–water partition coefficient (Wildman–Crippen LogP) is 2.31. The van der Waals surface area contributed by atoms with E-state index in [4.69, 9.17) is 10.2 Å². The first-order valence-electron chi connectivity index (χ1n) is 6.83. The molecule has 1 aliphatic rings. The quantitative estimate of drug-likeness (QED) is 0.829. The zero-order valence-corrected chi connectivity index (χ0v) is 11.2. The number of likely N-dealkylation sites (tertiary alicyclic amines) is 1. The van der Waals surface area contributed by atoms with E-state index in [1.807, 2.05) is 18.2 Å². The second-order valence-corrected chi connectivity index (χ2v) is 5.22. The number of nitrogens with zero attached hydrogens (tertiary/aromatic N) is 2. The molecule has 0 aliphatic carbocycles. The van der Waals surface area contributed by atoms with E-state index in [0.29, 0.717) is 17.7 Å². The predicted molar refractivity (Wildman–Crippen MR) is 77.2 cm³/mol. The lowest BCUT2D eigenvalue weighted by Gasteiger charge is -2.32. The highest BCUT2D eigenvalue weighted by Gasteiger charge is 2.19. The number of anilines is 2. The van der Waals surface area contributed by atoms with Crippen molar-refractivity contribution in [1.29, 1.82) is 0 Å². The third-order valence-corrected chi connectivity index (χ3v) is 3.86. The number of fused-ring (bicyclic) bond motifs is 1.